The third kappa shape index (κ3) is 4.44. The number of anilines is 1. The first-order valence-corrected chi connectivity index (χ1v) is 10.1. The van der Waals surface area contributed by atoms with E-state index in [1.165, 1.54) is 6.20 Å². The van der Waals surface area contributed by atoms with Crippen molar-refractivity contribution in [3.8, 4) is 11.3 Å². The lowest BCUT2D eigenvalue weighted by atomic mass is 9.97. The number of benzene rings is 1. The molecule has 4 aromatic rings. The van der Waals surface area contributed by atoms with Gasteiger partial charge in [0.1, 0.15) is 11.6 Å². The number of carbonyl (C=O) groups is 1. The Kier molecular flexibility index (Phi) is 6.12. The highest BCUT2D eigenvalue weighted by Gasteiger charge is 2.14. The molecule has 1 N–H and O–H groups in total. The van der Waals surface area contributed by atoms with Gasteiger partial charge in [0.2, 0.25) is 0 Å². The molecule has 3 heterocycles. The van der Waals surface area contributed by atoms with E-state index >= 15 is 0 Å². The molecule has 1 amide bonds. The number of hydrogen-bond acceptors (Lipinski definition) is 4. The van der Waals surface area contributed by atoms with Crippen LogP contribution in [0.1, 0.15) is 34.0 Å². The molecule has 0 spiro atoms. The summed E-state index contributed by atoms with van der Waals surface area (Å²) in [5.74, 6) is -0.595. The van der Waals surface area contributed by atoms with Gasteiger partial charge in [-0.05, 0) is 49.2 Å². The number of pyridine rings is 3. The van der Waals surface area contributed by atoms with Crippen LogP contribution in [-0.2, 0) is 0 Å². The summed E-state index contributed by atoms with van der Waals surface area (Å²) in [6.45, 7) is 3.51. The van der Waals surface area contributed by atoms with Crippen LogP contribution in [0, 0.1) is 12.7 Å². The average molecular weight is 424 g/mol. The van der Waals surface area contributed by atoms with Crippen molar-refractivity contribution < 1.29 is 9.18 Å². The van der Waals surface area contributed by atoms with Crippen molar-refractivity contribution in [3.05, 3.63) is 114 Å². The molecule has 0 saturated heterocycles. The summed E-state index contributed by atoms with van der Waals surface area (Å²) in [7, 11) is 0. The second-order valence-electron chi connectivity index (χ2n) is 7.17. The minimum Gasteiger partial charge on any atom is -0.307 e. The van der Waals surface area contributed by atoms with Crippen molar-refractivity contribution in [3.63, 3.8) is 0 Å². The zero-order valence-corrected chi connectivity index (χ0v) is 17.7. The largest absolute Gasteiger partial charge is 0.307 e. The molecule has 0 radical (unpaired) electrons. The van der Waals surface area contributed by atoms with E-state index < -0.39 is 11.7 Å². The fourth-order valence-corrected chi connectivity index (χ4v) is 3.39. The maximum Gasteiger partial charge on any atom is 0.258 e. The summed E-state index contributed by atoms with van der Waals surface area (Å²) in [5.41, 5.74) is 5.38. The van der Waals surface area contributed by atoms with Gasteiger partial charge in [-0.15, -0.1) is 0 Å². The lowest BCUT2D eigenvalue weighted by molar-refractivity contribution is 0.102. The Balaban J connectivity index is 1.51. The molecule has 0 unspecified atom stereocenters. The fourth-order valence-electron chi connectivity index (χ4n) is 3.39. The van der Waals surface area contributed by atoms with E-state index in [0.717, 1.165) is 34.2 Å². The number of halogens is 1. The van der Waals surface area contributed by atoms with Crippen molar-refractivity contribution in [2.45, 2.75) is 13.8 Å². The quantitative estimate of drug-likeness (QED) is 0.447. The van der Waals surface area contributed by atoms with Gasteiger partial charge in [0.05, 0.1) is 17.5 Å². The third-order valence-corrected chi connectivity index (χ3v) is 5.16. The first-order valence-electron chi connectivity index (χ1n) is 10.1. The van der Waals surface area contributed by atoms with Crippen molar-refractivity contribution in [1.29, 1.82) is 0 Å². The predicted molar refractivity (Wildman–Crippen MR) is 124 cm³/mol. The van der Waals surface area contributed by atoms with E-state index in [1.807, 2.05) is 49.4 Å². The summed E-state index contributed by atoms with van der Waals surface area (Å²) < 4.78 is 13.7. The monoisotopic (exact) mass is 424 g/mol. The highest BCUT2D eigenvalue weighted by atomic mass is 19.1. The van der Waals surface area contributed by atoms with Crippen LogP contribution in [0.15, 0.2) is 85.5 Å². The molecule has 0 aliphatic carbocycles. The smallest absolute Gasteiger partial charge is 0.258 e. The van der Waals surface area contributed by atoms with Gasteiger partial charge in [0.15, 0.2) is 0 Å². The molecule has 1 aromatic carbocycles. The van der Waals surface area contributed by atoms with Crippen LogP contribution >= 0.6 is 0 Å². The lowest BCUT2D eigenvalue weighted by Crippen LogP contribution is -2.15. The molecule has 0 aliphatic rings. The Hall–Kier alpha value is -4.19. The summed E-state index contributed by atoms with van der Waals surface area (Å²) in [6.07, 6.45) is 7.93. The molecule has 0 bridgehead atoms. The van der Waals surface area contributed by atoms with Crippen LogP contribution in [0.5, 0.6) is 0 Å². The first kappa shape index (κ1) is 21.1. The van der Waals surface area contributed by atoms with E-state index in [-0.39, 0.29) is 11.1 Å². The SMILES string of the molecule is C/C=C(/c1ccc(-c2ccccn2)cc1)c1ccc(NC(=O)c2cncc(F)c2C)nc1. The minimum absolute atomic E-state index is 0.179. The zero-order valence-electron chi connectivity index (χ0n) is 17.7. The Labute approximate surface area is 185 Å². The molecule has 0 saturated carbocycles. The Morgan fingerprint density at radius 3 is 2.38 bits per heavy atom. The van der Waals surface area contributed by atoms with E-state index in [1.54, 1.807) is 25.4 Å². The van der Waals surface area contributed by atoms with Crippen LogP contribution in [0.2, 0.25) is 0 Å². The molecule has 0 fully saturated rings. The second kappa shape index (κ2) is 9.31. The maximum atomic E-state index is 13.7. The van der Waals surface area contributed by atoms with Crippen LogP contribution in [0.4, 0.5) is 10.2 Å². The molecule has 32 heavy (non-hydrogen) atoms. The Bertz CT molecular complexity index is 1270. The fraction of sp³-hybridized carbons (Fsp3) is 0.0769. The number of aromatic nitrogens is 3. The number of amides is 1. The van der Waals surface area contributed by atoms with Crippen LogP contribution in [0.25, 0.3) is 16.8 Å². The topological polar surface area (TPSA) is 67.8 Å². The van der Waals surface area contributed by atoms with Crippen molar-refractivity contribution in [2.24, 2.45) is 0 Å². The number of nitrogens with one attached hydrogen (secondary N) is 1. The molecule has 4 rings (SSSR count). The first-order chi connectivity index (χ1) is 15.6. The van der Waals surface area contributed by atoms with Crippen LogP contribution in [0.3, 0.4) is 0 Å². The predicted octanol–water partition coefficient (Wildman–Crippen LogP) is 5.69. The number of hydrogen-bond donors (Lipinski definition) is 1. The maximum absolute atomic E-state index is 13.7. The highest BCUT2D eigenvalue weighted by molar-refractivity contribution is 6.04. The van der Waals surface area contributed by atoms with Gasteiger partial charge in [0, 0.05) is 35.3 Å². The van der Waals surface area contributed by atoms with Crippen molar-refractivity contribution >= 4 is 17.3 Å². The standard InChI is InChI=1S/C26H21FN4O/c1-3-21(18-7-9-19(10-8-18)24-6-4-5-13-29-24)20-11-12-25(30-14-20)31-26(32)22-15-28-16-23(27)17(22)2/h3-16H,1-2H3,(H,30,31,32)/b21-3-. The van der Waals surface area contributed by atoms with Gasteiger partial charge in [0.25, 0.3) is 5.91 Å². The van der Waals surface area contributed by atoms with Gasteiger partial charge >= 0.3 is 0 Å². The number of carbonyl (C=O) groups excluding carboxylic acids is 1. The van der Waals surface area contributed by atoms with Crippen LogP contribution < -0.4 is 5.32 Å². The summed E-state index contributed by atoms with van der Waals surface area (Å²) in [5, 5.41) is 2.69. The van der Waals surface area contributed by atoms with Crippen molar-refractivity contribution in [2.75, 3.05) is 5.32 Å². The molecule has 158 valence electrons. The highest BCUT2D eigenvalue weighted by Crippen LogP contribution is 2.26. The molecule has 0 aliphatic heterocycles. The number of rotatable bonds is 5. The van der Waals surface area contributed by atoms with Crippen LogP contribution in [-0.4, -0.2) is 20.9 Å². The molecule has 3 aromatic heterocycles. The van der Waals surface area contributed by atoms with E-state index in [9.17, 15) is 9.18 Å². The van der Waals surface area contributed by atoms with Gasteiger partial charge in [-0.1, -0.05) is 36.4 Å². The average Bonchev–Trinajstić information content (AvgIpc) is 2.83. The van der Waals surface area contributed by atoms with Gasteiger partial charge < -0.3 is 5.32 Å². The van der Waals surface area contributed by atoms with Gasteiger partial charge in [-0.25, -0.2) is 9.37 Å². The molecular weight excluding hydrogens is 403 g/mol. The molecule has 0 atom stereocenters. The van der Waals surface area contributed by atoms with E-state index in [4.69, 9.17) is 0 Å². The van der Waals surface area contributed by atoms with Gasteiger partial charge in [-0.2, -0.15) is 0 Å². The third-order valence-electron chi connectivity index (χ3n) is 5.16. The molecular formula is C26H21FN4O. The summed E-state index contributed by atoms with van der Waals surface area (Å²) in [4.78, 5) is 24.9. The van der Waals surface area contributed by atoms with E-state index in [2.05, 4.69) is 32.4 Å². The minimum atomic E-state index is -0.521. The van der Waals surface area contributed by atoms with Crippen molar-refractivity contribution in [1.82, 2.24) is 15.0 Å². The number of nitrogens with zero attached hydrogens (tertiary/aromatic N) is 3. The van der Waals surface area contributed by atoms with Gasteiger partial charge in [-0.3, -0.25) is 14.8 Å². The molecule has 5 nitrogen and oxygen atoms in total. The van der Waals surface area contributed by atoms with E-state index in [0.29, 0.717) is 5.82 Å². The zero-order chi connectivity index (χ0) is 22.5. The second-order valence-corrected chi connectivity index (χ2v) is 7.17. The Morgan fingerprint density at radius 1 is 0.938 bits per heavy atom. The Morgan fingerprint density at radius 2 is 1.72 bits per heavy atom. The summed E-state index contributed by atoms with van der Waals surface area (Å²) in [6, 6.07) is 17.6. The summed E-state index contributed by atoms with van der Waals surface area (Å²) >= 11 is 0. The molecule has 6 heteroatoms. The normalized spacial score (nSPS) is 11.3. The lowest BCUT2D eigenvalue weighted by Gasteiger charge is -2.11. The number of allylic oxidation sites excluding steroid dienone is 1.